The summed E-state index contributed by atoms with van der Waals surface area (Å²) in [5.41, 5.74) is 0.220. The van der Waals surface area contributed by atoms with Gasteiger partial charge < -0.3 is 10.4 Å². The van der Waals surface area contributed by atoms with E-state index in [2.05, 4.69) is 10.3 Å². The first-order valence-corrected chi connectivity index (χ1v) is 4.60. The van der Waals surface area contributed by atoms with Gasteiger partial charge in [0.05, 0.1) is 0 Å². The van der Waals surface area contributed by atoms with Gasteiger partial charge in [-0.1, -0.05) is 13.0 Å². The quantitative estimate of drug-likeness (QED) is 0.762. The maximum absolute atomic E-state index is 11.5. The molecule has 1 rings (SSSR count). The summed E-state index contributed by atoms with van der Waals surface area (Å²) in [6.45, 7) is 1.69. The van der Waals surface area contributed by atoms with E-state index in [0.717, 1.165) is 0 Å². The Morgan fingerprint density at radius 3 is 2.73 bits per heavy atom. The van der Waals surface area contributed by atoms with Gasteiger partial charge in [0, 0.05) is 6.20 Å². The van der Waals surface area contributed by atoms with Crippen molar-refractivity contribution in [2.75, 3.05) is 0 Å². The minimum atomic E-state index is -1.04. The largest absolute Gasteiger partial charge is 0.480 e. The zero-order chi connectivity index (χ0) is 11.3. The second-order valence-corrected chi connectivity index (χ2v) is 2.99. The van der Waals surface area contributed by atoms with Gasteiger partial charge in [-0.15, -0.1) is 0 Å². The van der Waals surface area contributed by atoms with E-state index in [1.54, 1.807) is 19.1 Å². The van der Waals surface area contributed by atoms with Crippen LogP contribution in [0.25, 0.3) is 0 Å². The van der Waals surface area contributed by atoms with Gasteiger partial charge in [0.1, 0.15) is 11.7 Å². The van der Waals surface area contributed by atoms with E-state index in [4.69, 9.17) is 5.11 Å². The molecule has 1 amide bonds. The van der Waals surface area contributed by atoms with Crippen molar-refractivity contribution in [3.63, 3.8) is 0 Å². The van der Waals surface area contributed by atoms with Gasteiger partial charge in [-0.3, -0.25) is 9.78 Å². The lowest BCUT2D eigenvalue weighted by Gasteiger charge is -2.11. The van der Waals surface area contributed by atoms with Crippen LogP contribution in [0.4, 0.5) is 0 Å². The van der Waals surface area contributed by atoms with Crippen LogP contribution in [0.5, 0.6) is 0 Å². The van der Waals surface area contributed by atoms with Gasteiger partial charge in [-0.05, 0) is 18.6 Å². The summed E-state index contributed by atoms with van der Waals surface area (Å²) in [5, 5.41) is 11.1. The summed E-state index contributed by atoms with van der Waals surface area (Å²) in [6, 6.07) is 4.03. The van der Waals surface area contributed by atoms with Crippen LogP contribution < -0.4 is 5.32 Å². The number of rotatable bonds is 4. The molecule has 5 heteroatoms. The molecule has 0 aliphatic carbocycles. The first kappa shape index (κ1) is 11.2. The number of pyridine rings is 1. The summed E-state index contributed by atoms with van der Waals surface area (Å²) < 4.78 is 0. The number of carboxylic acids is 1. The Morgan fingerprint density at radius 2 is 2.27 bits per heavy atom. The standard InChI is InChI=1S/C10H12N2O3/c1-2-7(10(14)15)12-9(13)8-5-3-4-6-11-8/h3-7H,2H2,1H3,(H,12,13)(H,14,15)/t7-/m1/s1. The normalized spacial score (nSPS) is 11.8. The molecule has 80 valence electrons. The number of carbonyl (C=O) groups is 2. The highest BCUT2D eigenvalue weighted by Crippen LogP contribution is 1.96. The third-order valence-electron chi connectivity index (χ3n) is 1.91. The van der Waals surface area contributed by atoms with E-state index in [1.165, 1.54) is 12.3 Å². The summed E-state index contributed by atoms with van der Waals surface area (Å²) in [7, 11) is 0. The number of carbonyl (C=O) groups excluding carboxylic acids is 1. The minimum Gasteiger partial charge on any atom is -0.480 e. The molecule has 5 nitrogen and oxygen atoms in total. The highest BCUT2D eigenvalue weighted by molar-refractivity contribution is 5.94. The molecule has 0 radical (unpaired) electrons. The van der Waals surface area contributed by atoms with Gasteiger partial charge in [0.2, 0.25) is 0 Å². The lowest BCUT2D eigenvalue weighted by atomic mass is 10.2. The predicted molar refractivity (Wildman–Crippen MR) is 53.4 cm³/mol. The third kappa shape index (κ3) is 3.05. The molecule has 0 unspecified atom stereocenters. The smallest absolute Gasteiger partial charge is 0.326 e. The van der Waals surface area contributed by atoms with Crippen molar-refractivity contribution in [3.05, 3.63) is 30.1 Å². The number of nitrogens with zero attached hydrogens (tertiary/aromatic N) is 1. The number of aliphatic carboxylic acids is 1. The molecular weight excluding hydrogens is 196 g/mol. The van der Waals surface area contributed by atoms with Gasteiger partial charge in [-0.25, -0.2) is 4.79 Å². The van der Waals surface area contributed by atoms with Crippen LogP contribution in [0.2, 0.25) is 0 Å². The fourth-order valence-corrected chi connectivity index (χ4v) is 1.07. The first-order valence-electron chi connectivity index (χ1n) is 4.60. The van der Waals surface area contributed by atoms with E-state index in [1.807, 2.05) is 0 Å². The Kier molecular flexibility index (Phi) is 3.79. The summed E-state index contributed by atoms with van der Waals surface area (Å²) in [5.74, 6) is -1.51. The van der Waals surface area contributed by atoms with Crippen LogP contribution in [0.3, 0.4) is 0 Å². The molecule has 2 N–H and O–H groups in total. The summed E-state index contributed by atoms with van der Waals surface area (Å²) in [4.78, 5) is 26.0. The number of nitrogens with one attached hydrogen (secondary N) is 1. The summed E-state index contributed by atoms with van der Waals surface area (Å²) in [6.07, 6.45) is 1.82. The number of hydrogen-bond donors (Lipinski definition) is 2. The second kappa shape index (κ2) is 5.09. The fraction of sp³-hybridized carbons (Fsp3) is 0.300. The van der Waals surface area contributed by atoms with E-state index in [0.29, 0.717) is 6.42 Å². The number of hydrogen-bond acceptors (Lipinski definition) is 3. The fourth-order valence-electron chi connectivity index (χ4n) is 1.07. The zero-order valence-corrected chi connectivity index (χ0v) is 8.30. The predicted octanol–water partition coefficient (Wildman–Crippen LogP) is 0.675. The number of aromatic nitrogens is 1. The van der Waals surface area contributed by atoms with Crippen molar-refractivity contribution < 1.29 is 14.7 Å². The zero-order valence-electron chi connectivity index (χ0n) is 8.30. The van der Waals surface area contributed by atoms with Crippen LogP contribution >= 0.6 is 0 Å². The molecule has 0 aromatic carbocycles. The number of amides is 1. The van der Waals surface area contributed by atoms with Gasteiger partial charge in [-0.2, -0.15) is 0 Å². The topological polar surface area (TPSA) is 79.3 Å². The highest BCUT2D eigenvalue weighted by atomic mass is 16.4. The molecule has 1 atom stereocenters. The molecule has 0 spiro atoms. The lowest BCUT2D eigenvalue weighted by Crippen LogP contribution is -2.40. The van der Waals surface area contributed by atoms with Crippen molar-refractivity contribution in [1.82, 2.24) is 10.3 Å². The van der Waals surface area contributed by atoms with Gasteiger partial charge in [0.15, 0.2) is 0 Å². The Bertz CT molecular complexity index is 351. The van der Waals surface area contributed by atoms with Crippen LogP contribution in [0.15, 0.2) is 24.4 Å². The van der Waals surface area contributed by atoms with Crippen molar-refractivity contribution in [2.45, 2.75) is 19.4 Å². The molecule has 0 saturated heterocycles. The Labute approximate surface area is 87.1 Å². The lowest BCUT2D eigenvalue weighted by molar-refractivity contribution is -0.139. The van der Waals surface area contributed by atoms with Gasteiger partial charge >= 0.3 is 5.97 Å². The molecule has 0 saturated carbocycles. The van der Waals surface area contributed by atoms with E-state index in [9.17, 15) is 9.59 Å². The van der Waals surface area contributed by atoms with Crippen molar-refractivity contribution >= 4 is 11.9 Å². The number of carboxylic acid groups (broad SMARTS) is 1. The van der Waals surface area contributed by atoms with E-state index >= 15 is 0 Å². The molecule has 0 bridgehead atoms. The first-order chi connectivity index (χ1) is 7.15. The monoisotopic (exact) mass is 208 g/mol. The van der Waals surface area contributed by atoms with Crippen LogP contribution in [-0.4, -0.2) is 28.0 Å². The molecular formula is C10H12N2O3. The van der Waals surface area contributed by atoms with Crippen molar-refractivity contribution in [3.8, 4) is 0 Å². The van der Waals surface area contributed by atoms with Gasteiger partial charge in [0.25, 0.3) is 5.91 Å². The molecule has 1 aromatic heterocycles. The molecule has 1 heterocycles. The highest BCUT2D eigenvalue weighted by Gasteiger charge is 2.18. The average Bonchev–Trinajstić information content (AvgIpc) is 2.26. The molecule has 15 heavy (non-hydrogen) atoms. The maximum atomic E-state index is 11.5. The van der Waals surface area contributed by atoms with Crippen LogP contribution in [0.1, 0.15) is 23.8 Å². The third-order valence-corrected chi connectivity index (χ3v) is 1.91. The SMILES string of the molecule is CC[C@@H](NC(=O)c1ccccn1)C(=O)O. The molecule has 0 aliphatic heterocycles. The maximum Gasteiger partial charge on any atom is 0.326 e. The molecule has 0 aliphatic rings. The Hall–Kier alpha value is -1.91. The van der Waals surface area contributed by atoms with Crippen LogP contribution in [0, 0.1) is 0 Å². The average molecular weight is 208 g/mol. The van der Waals surface area contributed by atoms with Crippen molar-refractivity contribution in [1.29, 1.82) is 0 Å². The van der Waals surface area contributed by atoms with E-state index in [-0.39, 0.29) is 5.69 Å². The van der Waals surface area contributed by atoms with Crippen molar-refractivity contribution in [2.24, 2.45) is 0 Å². The minimum absolute atomic E-state index is 0.220. The summed E-state index contributed by atoms with van der Waals surface area (Å²) >= 11 is 0. The second-order valence-electron chi connectivity index (χ2n) is 2.99. The Morgan fingerprint density at radius 1 is 1.53 bits per heavy atom. The Balaban J connectivity index is 2.67. The van der Waals surface area contributed by atoms with E-state index < -0.39 is 17.9 Å². The molecule has 0 fully saturated rings. The molecule has 1 aromatic rings. The van der Waals surface area contributed by atoms with Crippen LogP contribution in [-0.2, 0) is 4.79 Å².